The highest BCUT2D eigenvalue weighted by Crippen LogP contribution is 2.25. The van der Waals surface area contributed by atoms with Crippen LogP contribution in [-0.4, -0.2) is 13.2 Å². The van der Waals surface area contributed by atoms with Gasteiger partial charge in [-0.25, -0.2) is 0 Å². The Labute approximate surface area is 102 Å². The molecule has 0 spiro atoms. The molecule has 0 aliphatic rings. The molecule has 0 aliphatic carbocycles. The van der Waals surface area contributed by atoms with Gasteiger partial charge in [0.2, 0.25) is 0 Å². The lowest BCUT2D eigenvalue weighted by atomic mass is 10.2. The fraction of sp³-hybridized carbons (Fsp3) is 0.385. The van der Waals surface area contributed by atoms with Crippen molar-refractivity contribution in [2.75, 3.05) is 13.2 Å². The normalized spacial score (nSPS) is 10.1. The molecule has 88 valence electrons. The van der Waals surface area contributed by atoms with Crippen molar-refractivity contribution < 1.29 is 4.74 Å². The van der Waals surface area contributed by atoms with E-state index in [1.54, 1.807) is 0 Å². The topological polar surface area (TPSA) is 21.3 Å². The van der Waals surface area contributed by atoms with Crippen molar-refractivity contribution in [1.29, 1.82) is 0 Å². The molecular weight excluding hydrogens is 222 g/mol. The Morgan fingerprint density at radius 2 is 2.31 bits per heavy atom. The first-order valence-electron chi connectivity index (χ1n) is 5.50. The summed E-state index contributed by atoms with van der Waals surface area (Å²) in [7, 11) is 0. The van der Waals surface area contributed by atoms with Gasteiger partial charge in [-0.3, -0.25) is 0 Å². The van der Waals surface area contributed by atoms with Crippen molar-refractivity contribution in [2.45, 2.75) is 19.9 Å². The van der Waals surface area contributed by atoms with Crippen LogP contribution in [0.4, 0.5) is 0 Å². The zero-order valence-electron chi connectivity index (χ0n) is 9.63. The molecule has 0 saturated carbocycles. The SMILES string of the molecule is C=CCCOc1ccc(CNCC)cc1Cl. The molecule has 0 atom stereocenters. The van der Waals surface area contributed by atoms with Crippen molar-refractivity contribution in [1.82, 2.24) is 5.32 Å². The van der Waals surface area contributed by atoms with Gasteiger partial charge in [0.25, 0.3) is 0 Å². The molecule has 0 aliphatic heterocycles. The molecule has 0 heterocycles. The first kappa shape index (κ1) is 13.1. The number of halogens is 1. The van der Waals surface area contributed by atoms with Gasteiger partial charge >= 0.3 is 0 Å². The van der Waals surface area contributed by atoms with Crippen LogP contribution in [0.2, 0.25) is 5.02 Å². The number of nitrogens with one attached hydrogen (secondary N) is 1. The van der Waals surface area contributed by atoms with Gasteiger partial charge in [-0.2, -0.15) is 0 Å². The van der Waals surface area contributed by atoms with Gasteiger partial charge in [-0.15, -0.1) is 6.58 Å². The molecule has 0 radical (unpaired) electrons. The molecule has 0 amide bonds. The zero-order valence-corrected chi connectivity index (χ0v) is 10.4. The minimum atomic E-state index is 0.621. The van der Waals surface area contributed by atoms with Crippen molar-refractivity contribution in [3.63, 3.8) is 0 Å². The number of hydrogen-bond donors (Lipinski definition) is 1. The molecule has 1 aromatic carbocycles. The first-order valence-corrected chi connectivity index (χ1v) is 5.88. The monoisotopic (exact) mass is 239 g/mol. The lowest BCUT2D eigenvalue weighted by molar-refractivity contribution is 0.325. The van der Waals surface area contributed by atoms with Crippen molar-refractivity contribution in [3.05, 3.63) is 41.4 Å². The first-order chi connectivity index (χ1) is 7.77. The number of hydrogen-bond acceptors (Lipinski definition) is 2. The Kier molecular flexibility index (Phi) is 5.98. The second-order valence-corrected chi connectivity index (χ2v) is 3.88. The molecule has 1 rings (SSSR count). The van der Waals surface area contributed by atoms with Crippen molar-refractivity contribution in [2.24, 2.45) is 0 Å². The maximum atomic E-state index is 6.11. The largest absolute Gasteiger partial charge is 0.492 e. The summed E-state index contributed by atoms with van der Waals surface area (Å²) in [6.45, 7) is 8.13. The van der Waals surface area contributed by atoms with Crippen LogP contribution in [-0.2, 0) is 6.54 Å². The number of benzene rings is 1. The fourth-order valence-electron chi connectivity index (χ4n) is 1.29. The summed E-state index contributed by atoms with van der Waals surface area (Å²) in [6.07, 6.45) is 2.66. The van der Waals surface area contributed by atoms with E-state index in [4.69, 9.17) is 16.3 Å². The summed E-state index contributed by atoms with van der Waals surface area (Å²) in [6, 6.07) is 5.88. The minimum absolute atomic E-state index is 0.621. The van der Waals surface area contributed by atoms with Gasteiger partial charge in [-0.1, -0.05) is 30.7 Å². The second-order valence-electron chi connectivity index (χ2n) is 3.47. The summed E-state index contributed by atoms with van der Waals surface area (Å²) in [5.41, 5.74) is 1.17. The zero-order chi connectivity index (χ0) is 11.8. The van der Waals surface area contributed by atoms with Crippen molar-refractivity contribution >= 4 is 11.6 Å². The third kappa shape index (κ3) is 4.25. The smallest absolute Gasteiger partial charge is 0.137 e. The molecule has 1 aromatic rings. The molecule has 0 bridgehead atoms. The van der Waals surface area contributed by atoms with E-state index in [9.17, 15) is 0 Å². The predicted octanol–water partition coefficient (Wildman–Crippen LogP) is 3.40. The van der Waals surface area contributed by atoms with Gasteiger partial charge in [0.05, 0.1) is 11.6 Å². The standard InChI is InChI=1S/C13H18ClNO/c1-3-5-8-16-13-7-6-11(9-12(13)14)10-15-4-2/h3,6-7,9,15H,1,4-5,8,10H2,2H3. The van der Waals surface area contributed by atoms with E-state index in [2.05, 4.69) is 18.8 Å². The second kappa shape index (κ2) is 7.31. The van der Waals surface area contributed by atoms with Crippen LogP contribution in [0.1, 0.15) is 18.9 Å². The Bertz CT molecular complexity index is 339. The van der Waals surface area contributed by atoms with Crippen LogP contribution < -0.4 is 10.1 Å². The third-order valence-electron chi connectivity index (χ3n) is 2.15. The highest BCUT2D eigenvalue weighted by atomic mass is 35.5. The molecular formula is C13H18ClNO. The van der Waals surface area contributed by atoms with Crippen LogP contribution in [0.3, 0.4) is 0 Å². The van der Waals surface area contributed by atoms with Crippen molar-refractivity contribution in [3.8, 4) is 5.75 Å². The summed E-state index contributed by atoms with van der Waals surface area (Å²) in [5, 5.41) is 3.92. The van der Waals surface area contributed by atoms with Gasteiger partial charge in [0, 0.05) is 6.54 Å². The quantitative estimate of drug-likeness (QED) is 0.582. The van der Waals surface area contributed by atoms with Gasteiger partial charge in [0.15, 0.2) is 0 Å². The van der Waals surface area contributed by atoms with E-state index in [-0.39, 0.29) is 0 Å². The van der Waals surface area contributed by atoms with Crippen LogP contribution >= 0.6 is 11.6 Å². The maximum absolute atomic E-state index is 6.11. The van der Waals surface area contributed by atoms with Gasteiger partial charge in [-0.05, 0) is 30.7 Å². The predicted molar refractivity (Wildman–Crippen MR) is 69.1 cm³/mol. The minimum Gasteiger partial charge on any atom is -0.492 e. The summed E-state index contributed by atoms with van der Waals surface area (Å²) in [4.78, 5) is 0. The Morgan fingerprint density at radius 3 is 2.94 bits per heavy atom. The lowest BCUT2D eigenvalue weighted by Crippen LogP contribution is -2.11. The maximum Gasteiger partial charge on any atom is 0.137 e. The van der Waals surface area contributed by atoms with E-state index in [0.717, 1.165) is 25.3 Å². The van der Waals surface area contributed by atoms with E-state index in [1.807, 2.05) is 24.3 Å². The molecule has 0 fully saturated rings. The highest BCUT2D eigenvalue weighted by molar-refractivity contribution is 6.32. The third-order valence-corrected chi connectivity index (χ3v) is 2.45. The molecule has 0 aromatic heterocycles. The molecule has 0 saturated heterocycles. The Morgan fingerprint density at radius 1 is 1.50 bits per heavy atom. The molecule has 16 heavy (non-hydrogen) atoms. The average molecular weight is 240 g/mol. The highest BCUT2D eigenvalue weighted by Gasteiger charge is 2.02. The van der Waals surface area contributed by atoms with Crippen LogP contribution in [0.15, 0.2) is 30.9 Å². The van der Waals surface area contributed by atoms with E-state index >= 15 is 0 Å². The van der Waals surface area contributed by atoms with E-state index < -0.39 is 0 Å². The van der Waals surface area contributed by atoms with E-state index in [1.165, 1.54) is 5.56 Å². The molecule has 0 unspecified atom stereocenters. The van der Waals surface area contributed by atoms with Crippen LogP contribution in [0.25, 0.3) is 0 Å². The van der Waals surface area contributed by atoms with Crippen LogP contribution in [0, 0.1) is 0 Å². The van der Waals surface area contributed by atoms with Crippen LogP contribution in [0.5, 0.6) is 5.75 Å². The lowest BCUT2D eigenvalue weighted by Gasteiger charge is -2.08. The molecule has 1 N–H and O–H groups in total. The number of ether oxygens (including phenoxy) is 1. The Hall–Kier alpha value is -0.990. The fourth-order valence-corrected chi connectivity index (χ4v) is 1.55. The summed E-state index contributed by atoms with van der Waals surface area (Å²) < 4.78 is 5.51. The summed E-state index contributed by atoms with van der Waals surface area (Å²) in [5.74, 6) is 0.740. The average Bonchev–Trinajstić information content (AvgIpc) is 2.29. The van der Waals surface area contributed by atoms with Gasteiger partial charge in [0.1, 0.15) is 5.75 Å². The summed E-state index contributed by atoms with van der Waals surface area (Å²) >= 11 is 6.11. The number of rotatable bonds is 7. The van der Waals surface area contributed by atoms with E-state index in [0.29, 0.717) is 11.6 Å². The molecule has 3 heteroatoms. The van der Waals surface area contributed by atoms with Gasteiger partial charge < -0.3 is 10.1 Å². The molecule has 2 nitrogen and oxygen atoms in total. The Balaban J connectivity index is 2.56.